The van der Waals surface area contributed by atoms with Gasteiger partial charge in [-0.1, -0.05) is 5.16 Å². The van der Waals surface area contributed by atoms with E-state index < -0.39 is 0 Å². The van der Waals surface area contributed by atoms with Gasteiger partial charge in [0.25, 0.3) is 0 Å². The Hall–Kier alpha value is -0.990. The van der Waals surface area contributed by atoms with Gasteiger partial charge in [-0.3, -0.25) is 0 Å². The fourth-order valence-corrected chi connectivity index (χ4v) is 0.350. The maximum atomic E-state index is 6.70. The average molecular weight is 100 g/mol. The van der Waals surface area contributed by atoms with Crippen molar-refractivity contribution in [1.82, 2.24) is 5.16 Å². The molecule has 0 fully saturated rings. The van der Waals surface area contributed by atoms with Crippen LogP contribution in [-0.2, 0) is 0 Å². The van der Waals surface area contributed by atoms with Crippen molar-refractivity contribution < 1.29 is 7.35 Å². The molecule has 1 aromatic rings. The highest BCUT2D eigenvalue weighted by Crippen LogP contribution is 2.00. The summed E-state index contributed by atoms with van der Waals surface area (Å²) in [5.41, 5.74) is 1.05. The number of anilines is 1. The zero-order valence-electron chi connectivity index (χ0n) is 5.88. The Bertz CT molecular complexity index is 198. The lowest BCUT2D eigenvalue weighted by Crippen LogP contribution is -1.75. The lowest BCUT2D eigenvalue weighted by Gasteiger charge is -1.67. The Balaban J connectivity index is 2.85. The quantitative estimate of drug-likeness (QED) is 0.561. The highest BCUT2D eigenvalue weighted by molar-refractivity contribution is 5.22. The van der Waals surface area contributed by atoms with Gasteiger partial charge in [0, 0.05) is 6.07 Å². The van der Waals surface area contributed by atoms with Crippen molar-refractivity contribution in [2.24, 2.45) is 0 Å². The Morgan fingerprint density at radius 1 is 2.14 bits per heavy atom. The fraction of sp³-hybridized carbons (Fsp3) is 0.250. The van der Waals surface area contributed by atoms with Crippen molar-refractivity contribution in [1.29, 1.82) is 0 Å². The van der Waals surface area contributed by atoms with E-state index in [-0.39, 0.29) is 5.88 Å². The van der Waals surface area contributed by atoms with Crippen LogP contribution in [0.25, 0.3) is 0 Å². The van der Waals surface area contributed by atoms with Gasteiger partial charge in [0.15, 0.2) is 2.82 Å². The van der Waals surface area contributed by atoms with Crippen LogP contribution in [0.3, 0.4) is 0 Å². The van der Waals surface area contributed by atoms with Gasteiger partial charge in [0.05, 0.1) is 5.69 Å². The Morgan fingerprint density at radius 3 is 3.29 bits per heavy atom. The smallest absolute Gasteiger partial charge is 0.222 e. The normalized spacial score (nSPS) is 12.7. The van der Waals surface area contributed by atoms with Crippen molar-refractivity contribution in [3.63, 3.8) is 0 Å². The maximum absolute atomic E-state index is 6.70. The van der Waals surface area contributed by atoms with Crippen molar-refractivity contribution in [2.75, 3.05) is 5.72 Å². The van der Waals surface area contributed by atoms with E-state index >= 15 is 0 Å². The van der Waals surface area contributed by atoms with Gasteiger partial charge in [0.1, 0.15) is 0 Å². The summed E-state index contributed by atoms with van der Waals surface area (Å²) < 4.78 is 17.9. The summed E-state index contributed by atoms with van der Waals surface area (Å²) >= 11 is 0. The summed E-state index contributed by atoms with van der Waals surface area (Å²) in [6, 6.07) is 1.51. The van der Waals surface area contributed by atoms with Crippen LogP contribution in [-0.4, -0.2) is 5.16 Å². The molecule has 3 nitrogen and oxygen atoms in total. The molecule has 7 heavy (non-hydrogen) atoms. The molecule has 0 aromatic carbocycles. The molecule has 0 aliphatic rings. The van der Waals surface area contributed by atoms with Crippen LogP contribution < -0.4 is 5.72 Å². The molecule has 3 heteroatoms. The molecule has 2 N–H and O–H groups in total. The molecule has 1 heterocycles. The number of aryl methyl sites for hydroxylation is 1. The van der Waals surface area contributed by atoms with Crippen LogP contribution in [0.5, 0.6) is 0 Å². The first-order valence-electron chi connectivity index (χ1n) is 2.81. The average Bonchev–Trinajstić information content (AvgIpc) is 2.14. The summed E-state index contributed by atoms with van der Waals surface area (Å²) in [5.74, 6) is 0.132. The highest BCUT2D eigenvalue weighted by atomic mass is 16.5. The summed E-state index contributed by atoms with van der Waals surface area (Å²) in [6.45, 7) is 1.73. The van der Waals surface area contributed by atoms with Gasteiger partial charge in [-0.05, 0) is 6.92 Å². The maximum Gasteiger partial charge on any atom is 0.222 e. The highest BCUT2D eigenvalue weighted by Gasteiger charge is 1.88. The van der Waals surface area contributed by atoms with E-state index in [0.29, 0.717) is 11.4 Å². The van der Waals surface area contributed by atoms with E-state index in [0.717, 1.165) is 0 Å². The third kappa shape index (κ3) is 0.707. The zero-order valence-corrected chi connectivity index (χ0v) is 3.88. The molecule has 0 spiro atoms. The molecule has 0 saturated heterocycles. The SMILES string of the molecule is [2H]N([2H])c1cc(C)no1. The van der Waals surface area contributed by atoms with E-state index in [1.807, 2.05) is 0 Å². The van der Waals surface area contributed by atoms with Crippen LogP contribution in [0.15, 0.2) is 10.6 Å². The molecule has 0 bridgehead atoms. The van der Waals surface area contributed by atoms with E-state index in [2.05, 4.69) is 9.68 Å². The third-order valence-electron chi connectivity index (χ3n) is 0.616. The molecular weight excluding hydrogens is 92.1 g/mol. The predicted octanol–water partition coefficient (Wildman–Crippen LogP) is 0.565. The largest absolute Gasteiger partial charge is 0.368 e. The minimum atomic E-state index is 0.132. The van der Waals surface area contributed by atoms with Crippen molar-refractivity contribution in [3.05, 3.63) is 11.8 Å². The van der Waals surface area contributed by atoms with Gasteiger partial charge in [-0.15, -0.1) is 0 Å². The van der Waals surface area contributed by atoms with Gasteiger partial charge >= 0.3 is 0 Å². The van der Waals surface area contributed by atoms with E-state index in [1.165, 1.54) is 6.07 Å². The second kappa shape index (κ2) is 1.26. The van der Waals surface area contributed by atoms with Gasteiger partial charge in [0.2, 0.25) is 5.88 Å². The fourth-order valence-electron chi connectivity index (χ4n) is 0.350. The Labute approximate surface area is 44.0 Å². The summed E-state index contributed by atoms with van der Waals surface area (Å²) in [5, 5.41) is 3.48. The summed E-state index contributed by atoms with van der Waals surface area (Å²) in [6.07, 6.45) is 0. The Morgan fingerprint density at radius 2 is 3.00 bits per heavy atom. The van der Waals surface area contributed by atoms with Crippen molar-refractivity contribution >= 4 is 5.88 Å². The van der Waals surface area contributed by atoms with Gasteiger partial charge in [-0.2, -0.15) is 0 Å². The molecule has 0 amide bonds. The molecular formula is C4H6N2O. The van der Waals surface area contributed by atoms with E-state index in [9.17, 15) is 0 Å². The summed E-state index contributed by atoms with van der Waals surface area (Å²) in [4.78, 5) is 0. The van der Waals surface area contributed by atoms with Crippen molar-refractivity contribution in [3.8, 4) is 0 Å². The molecule has 0 radical (unpaired) electrons. The molecule has 0 saturated carbocycles. The molecule has 0 unspecified atom stereocenters. The minimum Gasteiger partial charge on any atom is -0.368 e. The van der Waals surface area contributed by atoms with Gasteiger partial charge in [-0.25, -0.2) is 0 Å². The standard InChI is InChI=1S/C4H6N2O/c1-3-2-4(5)7-6-3/h2H,5H2,1H3/i/hD2. The lowest BCUT2D eigenvalue weighted by atomic mass is 10.5. The summed E-state index contributed by atoms with van der Waals surface area (Å²) in [7, 11) is 0. The first-order valence-corrected chi connectivity index (χ1v) is 1.91. The number of nitrogens with zero attached hydrogens (tertiary/aromatic N) is 1. The predicted molar refractivity (Wildman–Crippen MR) is 25.7 cm³/mol. The molecule has 1 aromatic heterocycles. The monoisotopic (exact) mass is 100 g/mol. The lowest BCUT2D eigenvalue weighted by molar-refractivity contribution is 0.431. The number of hydrogen-bond acceptors (Lipinski definition) is 3. The van der Waals surface area contributed by atoms with Gasteiger partial charge < -0.3 is 10.2 Å². The van der Waals surface area contributed by atoms with Crippen LogP contribution in [0.4, 0.5) is 5.88 Å². The second-order valence-electron chi connectivity index (χ2n) is 1.31. The molecule has 1 rings (SSSR count). The van der Waals surface area contributed by atoms with Crippen LogP contribution in [0, 0.1) is 6.92 Å². The van der Waals surface area contributed by atoms with Crippen LogP contribution in [0.1, 0.15) is 5.69 Å². The molecule has 0 aliphatic heterocycles. The number of nitrogens with two attached hydrogens (primary N) is 1. The number of rotatable bonds is 1. The number of aromatic nitrogens is 1. The van der Waals surface area contributed by atoms with E-state index in [1.54, 1.807) is 6.92 Å². The van der Waals surface area contributed by atoms with Crippen LogP contribution in [0.2, 0.25) is 2.82 Å². The third-order valence-corrected chi connectivity index (χ3v) is 0.616. The molecule has 0 aliphatic carbocycles. The van der Waals surface area contributed by atoms with Crippen molar-refractivity contribution in [2.45, 2.75) is 6.92 Å². The first kappa shape index (κ1) is 2.35. The molecule has 38 valence electrons. The number of hydrogen-bond donors (Lipinski definition) is 1. The Kier molecular flexibility index (Phi) is 0.422. The van der Waals surface area contributed by atoms with E-state index in [4.69, 9.17) is 2.82 Å². The molecule has 0 atom stereocenters. The topological polar surface area (TPSA) is 52.0 Å². The first-order chi connectivity index (χ1) is 4.20. The zero-order chi connectivity index (χ0) is 6.85. The number of nitrogen functional groups attached to an aromatic ring is 1. The minimum absolute atomic E-state index is 0.132. The second-order valence-corrected chi connectivity index (χ2v) is 1.31. The van der Waals surface area contributed by atoms with Crippen LogP contribution >= 0.6 is 0 Å².